The van der Waals surface area contributed by atoms with E-state index in [0.717, 1.165) is 42.9 Å². The summed E-state index contributed by atoms with van der Waals surface area (Å²) in [5.41, 5.74) is 0. The molecule has 2 nitrogen and oxygen atoms in total. The predicted molar refractivity (Wildman–Crippen MR) is 117 cm³/mol. The lowest BCUT2D eigenvalue weighted by Gasteiger charge is -2.49. The third-order valence-corrected chi connectivity index (χ3v) is 12.1. The van der Waals surface area contributed by atoms with Crippen molar-refractivity contribution in [2.24, 2.45) is 71.0 Å². The van der Waals surface area contributed by atoms with Crippen LogP contribution in [0, 0.1) is 71.0 Å². The zero-order valence-corrected chi connectivity index (χ0v) is 18.6. The summed E-state index contributed by atoms with van der Waals surface area (Å²) in [6.07, 6.45) is 18.5. The minimum atomic E-state index is 0.331. The summed E-state index contributed by atoms with van der Waals surface area (Å²) in [5, 5.41) is 0. The summed E-state index contributed by atoms with van der Waals surface area (Å²) < 4.78 is 0. The number of carbonyl (C=O) groups excluding carboxylic acids is 2. The molecule has 0 aromatic carbocycles. The molecule has 0 radical (unpaired) electrons. The number of hydrogen-bond donors (Lipinski definition) is 0. The fraction of sp³-hybridized carbons (Fsp3) is 0.929. The third kappa shape index (κ3) is 2.60. The fourth-order valence-corrected chi connectivity index (χ4v) is 10.9. The Hall–Kier alpha value is -0.660. The molecular weight excluding hydrogens is 368 g/mol. The summed E-state index contributed by atoms with van der Waals surface area (Å²) >= 11 is 0. The summed E-state index contributed by atoms with van der Waals surface area (Å²) in [5.74, 6) is 8.85. The lowest BCUT2D eigenvalue weighted by atomic mass is 9.55. The number of rotatable bonds is 0. The maximum atomic E-state index is 13.7. The standard InChI is InChI=1S/C28H40O2/c29-27-20-8-4-3-7-19(20)22-13-26-23(14-25(22)27)21-11-17-9-15-5-1-2-6-16(15)10-18(17)12-24(21)28(26)30/h15-26H,1-14H2. The Bertz CT molecular complexity index is 741. The fourth-order valence-electron chi connectivity index (χ4n) is 10.9. The predicted octanol–water partition coefficient (Wildman–Crippen LogP) is 6.08. The van der Waals surface area contributed by atoms with Crippen LogP contribution in [0.15, 0.2) is 0 Å². The highest BCUT2D eigenvalue weighted by molar-refractivity contribution is 5.90. The van der Waals surface area contributed by atoms with E-state index in [-0.39, 0.29) is 0 Å². The van der Waals surface area contributed by atoms with E-state index in [0.29, 0.717) is 58.9 Å². The van der Waals surface area contributed by atoms with E-state index in [1.165, 1.54) is 70.6 Å². The Morgan fingerprint density at radius 3 is 1.63 bits per heavy atom. The molecular formula is C28H40O2. The molecule has 0 heterocycles. The van der Waals surface area contributed by atoms with Crippen molar-refractivity contribution in [1.82, 2.24) is 0 Å². The van der Waals surface area contributed by atoms with Crippen LogP contribution in [0.2, 0.25) is 0 Å². The van der Waals surface area contributed by atoms with Gasteiger partial charge in [0.25, 0.3) is 0 Å². The Kier molecular flexibility index (Phi) is 4.35. The average molecular weight is 409 g/mol. The highest BCUT2D eigenvalue weighted by Gasteiger charge is 2.61. The Balaban J connectivity index is 1.13. The SMILES string of the molecule is O=C1C2CCCCC2C2CC3C(=O)C4CC5CC6CCCCC6CC5CC4C3CC12. The molecule has 164 valence electrons. The van der Waals surface area contributed by atoms with Crippen molar-refractivity contribution in [2.45, 2.75) is 89.9 Å². The molecule has 7 saturated carbocycles. The summed E-state index contributed by atoms with van der Waals surface area (Å²) in [7, 11) is 0. The smallest absolute Gasteiger partial charge is 0.139 e. The average Bonchev–Trinajstić information content (AvgIpc) is 3.21. The monoisotopic (exact) mass is 408 g/mol. The molecule has 0 saturated heterocycles. The molecule has 12 unspecified atom stereocenters. The maximum Gasteiger partial charge on any atom is 0.139 e. The van der Waals surface area contributed by atoms with E-state index in [2.05, 4.69) is 0 Å². The molecule has 7 aliphatic carbocycles. The minimum Gasteiger partial charge on any atom is -0.299 e. The van der Waals surface area contributed by atoms with Crippen molar-refractivity contribution in [3.8, 4) is 0 Å². The lowest BCUT2D eigenvalue weighted by Crippen LogP contribution is -2.41. The van der Waals surface area contributed by atoms with E-state index in [4.69, 9.17) is 0 Å². The molecule has 2 heteroatoms. The molecule has 7 rings (SSSR count). The summed E-state index contributed by atoms with van der Waals surface area (Å²) in [6, 6.07) is 0. The van der Waals surface area contributed by atoms with Crippen molar-refractivity contribution in [3.05, 3.63) is 0 Å². The van der Waals surface area contributed by atoms with Crippen molar-refractivity contribution in [3.63, 3.8) is 0 Å². The quantitative estimate of drug-likeness (QED) is 0.487. The first-order valence-corrected chi connectivity index (χ1v) is 13.8. The highest BCUT2D eigenvalue weighted by Crippen LogP contribution is 2.63. The summed E-state index contributed by atoms with van der Waals surface area (Å²) in [6.45, 7) is 0. The van der Waals surface area contributed by atoms with Crippen LogP contribution in [0.5, 0.6) is 0 Å². The van der Waals surface area contributed by atoms with Crippen molar-refractivity contribution in [2.75, 3.05) is 0 Å². The van der Waals surface area contributed by atoms with Gasteiger partial charge in [-0.2, -0.15) is 0 Å². The van der Waals surface area contributed by atoms with E-state index in [1.807, 2.05) is 0 Å². The van der Waals surface area contributed by atoms with E-state index >= 15 is 0 Å². The number of fused-ring (bicyclic) bond motifs is 8. The molecule has 0 bridgehead atoms. The van der Waals surface area contributed by atoms with Crippen LogP contribution in [-0.2, 0) is 9.59 Å². The van der Waals surface area contributed by atoms with Crippen molar-refractivity contribution >= 4 is 11.6 Å². The molecule has 0 spiro atoms. The number of hydrogen-bond acceptors (Lipinski definition) is 2. The van der Waals surface area contributed by atoms with Crippen molar-refractivity contribution < 1.29 is 9.59 Å². The van der Waals surface area contributed by atoms with E-state index < -0.39 is 0 Å². The van der Waals surface area contributed by atoms with Crippen LogP contribution in [0.4, 0.5) is 0 Å². The van der Waals surface area contributed by atoms with Crippen LogP contribution in [0.25, 0.3) is 0 Å². The van der Waals surface area contributed by atoms with Crippen LogP contribution in [-0.4, -0.2) is 11.6 Å². The van der Waals surface area contributed by atoms with Gasteiger partial charge in [-0.1, -0.05) is 38.5 Å². The maximum absolute atomic E-state index is 13.7. The molecule has 0 aliphatic heterocycles. The Morgan fingerprint density at radius 1 is 0.400 bits per heavy atom. The molecule has 0 aromatic rings. The van der Waals surface area contributed by atoms with E-state index in [9.17, 15) is 9.59 Å². The normalized spacial score (nSPS) is 56.9. The Labute approximate surface area is 182 Å². The molecule has 30 heavy (non-hydrogen) atoms. The third-order valence-electron chi connectivity index (χ3n) is 12.1. The number of ketones is 2. The molecule has 0 amide bonds. The van der Waals surface area contributed by atoms with Gasteiger partial charge in [0.05, 0.1) is 0 Å². The number of Topliss-reactive ketones (excluding diaryl/α,β-unsaturated/α-hetero) is 2. The first-order chi connectivity index (χ1) is 14.7. The molecule has 12 atom stereocenters. The van der Waals surface area contributed by atoms with Gasteiger partial charge in [-0.15, -0.1) is 0 Å². The van der Waals surface area contributed by atoms with Gasteiger partial charge in [0.15, 0.2) is 0 Å². The summed E-state index contributed by atoms with van der Waals surface area (Å²) in [4.78, 5) is 27.0. The molecule has 0 aromatic heterocycles. The van der Waals surface area contributed by atoms with Crippen molar-refractivity contribution in [1.29, 1.82) is 0 Å². The van der Waals surface area contributed by atoms with Gasteiger partial charge >= 0.3 is 0 Å². The van der Waals surface area contributed by atoms with Gasteiger partial charge in [0, 0.05) is 23.7 Å². The zero-order chi connectivity index (χ0) is 20.0. The minimum absolute atomic E-state index is 0.331. The highest BCUT2D eigenvalue weighted by atomic mass is 16.1. The number of carbonyl (C=O) groups is 2. The van der Waals surface area contributed by atoms with Crippen LogP contribution < -0.4 is 0 Å². The van der Waals surface area contributed by atoms with Gasteiger partial charge in [0.2, 0.25) is 0 Å². The van der Waals surface area contributed by atoms with Crippen LogP contribution in [0.1, 0.15) is 89.9 Å². The van der Waals surface area contributed by atoms with Crippen LogP contribution in [0.3, 0.4) is 0 Å². The second-order valence-corrected chi connectivity index (χ2v) is 12.9. The molecule has 0 N–H and O–H groups in total. The van der Waals surface area contributed by atoms with E-state index in [1.54, 1.807) is 0 Å². The first-order valence-electron chi connectivity index (χ1n) is 13.8. The van der Waals surface area contributed by atoms with Gasteiger partial charge in [0.1, 0.15) is 11.6 Å². The van der Waals surface area contributed by atoms with Gasteiger partial charge in [-0.05, 0) is 98.7 Å². The second kappa shape index (κ2) is 6.92. The zero-order valence-electron chi connectivity index (χ0n) is 18.6. The van der Waals surface area contributed by atoms with Gasteiger partial charge in [-0.25, -0.2) is 0 Å². The topological polar surface area (TPSA) is 34.1 Å². The molecule has 7 fully saturated rings. The Morgan fingerprint density at radius 2 is 0.900 bits per heavy atom. The second-order valence-electron chi connectivity index (χ2n) is 12.9. The largest absolute Gasteiger partial charge is 0.299 e. The van der Waals surface area contributed by atoms with Crippen LogP contribution >= 0.6 is 0 Å². The van der Waals surface area contributed by atoms with Gasteiger partial charge in [-0.3, -0.25) is 9.59 Å². The first kappa shape index (κ1) is 18.9. The lowest BCUT2D eigenvalue weighted by molar-refractivity contribution is -0.129. The van der Waals surface area contributed by atoms with Gasteiger partial charge < -0.3 is 0 Å². The molecule has 7 aliphatic rings.